The first-order valence-electron chi connectivity index (χ1n) is 5.29. The third-order valence-corrected chi connectivity index (χ3v) is 3.43. The molecule has 0 aliphatic carbocycles. The monoisotopic (exact) mass is 372 g/mol. The van der Waals surface area contributed by atoms with Crippen molar-refractivity contribution in [2.45, 2.75) is 6.92 Å². The molecule has 0 fully saturated rings. The number of H-pyrrole nitrogens is 1. The molecule has 0 bridgehead atoms. The fraction of sp³-hybridized carbons (Fsp3) is 0.167. The lowest BCUT2D eigenvalue weighted by Gasteiger charge is -2.00. The summed E-state index contributed by atoms with van der Waals surface area (Å²) in [5, 5.41) is 6.78. The summed E-state index contributed by atoms with van der Waals surface area (Å²) >= 11 is 6.85. The number of carbonyl (C=O) groups is 1. The smallest absolute Gasteiger partial charge is 0.356 e. The Morgan fingerprint density at radius 2 is 2.17 bits per heavy atom. The van der Waals surface area contributed by atoms with Crippen LogP contribution >= 0.6 is 31.9 Å². The summed E-state index contributed by atoms with van der Waals surface area (Å²) in [5.74, 6) is -0.399. The summed E-state index contributed by atoms with van der Waals surface area (Å²) in [6, 6.07) is 7.43. The van der Waals surface area contributed by atoms with E-state index in [0.29, 0.717) is 18.0 Å². The number of esters is 1. The third kappa shape index (κ3) is 2.81. The molecule has 0 unspecified atom stereocenters. The maximum absolute atomic E-state index is 11.5. The Labute approximate surface area is 121 Å². The molecule has 0 aliphatic heterocycles. The van der Waals surface area contributed by atoms with E-state index in [4.69, 9.17) is 4.74 Å². The lowest BCUT2D eigenvalue weighted by Crippen LogP contribution is -2.04. The van der Waals surface area contributed by atoms with Gasteiger partial charge < -0.3 is 4.74 Å². The van der Waals surface area contributed by atoms with Crippen LogP contribution in [-0.4, -0.2) is 22.8 Å². The Balaban J connectivity index is 2.32. The zero-order valence-corrected chi connectivity index (χ0v) is 12.7. The van der Waals surface area contributed by atoms with Crippen LogP contribution in [0.4, 0.5) is 0 Å². The molecule has 2 aromatic rings. The third-order valence-electron chi connectivity index (χ3n) is 2.28. The number of ether oxygens (including phenoxy) is 1. The van der Waals surface area contributed by atoms with Crippen LogP contribution < -0.4 is 0 Å². The summed E-state index contributed by atoms with van der Waals surface area (Å²) in [4.78, 5) is 11.5. The summed E-state index contributed by atoms with van der Waals surface area (Å²) in [6.07, 6.45) is 0. The van der Waals surface area contributed by atoms with Crippen LogP contribution in [0.25, 0.3) is 11.3 Å². The van der Waals surface area contributed by atoms with Crippen LogP contribution in [0, 0.1) is 0 Å². The van der Waals surface area contributed by atoms with Gasteiger partial charge in [0.05, 0.1) is 12.3 Å². The SMILES string of the molecule is CCOC(=O)c1cc(-c2ccc(Br)cc2Br)n[nH]1. The molecule has 0 aliphatic rings. The van der Waals surface area contributed by atoms with Gasteiger partial charge in [-0.25, -0.2) is 4.79 Å². The number of carbonyl (C=O) groups excluding carboxylic acids is 1. The van der Waals surface area contributed by atoms with Crippen molar-refractivity contribution in [1.82, 2.24) is 10.2 Å². The number of rotatable bonds is 3. The van der Waals surface area contributed by atoms with Gasteiger partial charge in [0.15, 0.2) is 0 Å². The van der Waals surface area contributed by atoms with E-state index in [1.807, 2.05) is 18.2 Å². The van der Waals surface area contributed by atoms with Gasteiger partial charge in [-0.1, -0.05) is 37.9 Å². The maximum Gasteiger partial charge on any atom is 0.356 e. The van der Waals surface area contributed by atoms with E-state index in [1.165, 1.54) is 0 Å². The van der Waals surface area contributed by atoms with Crippen LogP contribution in [0.2, 0.25) is 0 Å². The fourth-order valence-corrected chi connectivity index (χ4v) is 2.72. The summed E-state index contributed by atoms with van der Waals surface area (Å²) in [7, 11) is 0. The first-order valence-corrected chi connectivity index (χ1v) is 6.88. The molecule has 2 rings (SSSR count). The molecule has 6 heteroatoms. The molecule has 0 radical (unpaired) electrons. The largest absolute Gasteiger partial charge is 0.461 e. The molecule has 0 spiro atoms. The Morgan fingerprint density at radius 1 is 1.39 bits per heavy atom. The molecular weight excluding hydrogens is 364 g/mol. The van der Waals surface area contributed by atoms with E-state index >= 15 is 0 Å². The van der Waals surface area contributed by atoms with Crippen molar-refractivity contribution in [3.63, 3.8) is 0 Å². The van der Waals surface area contributed by atoms with E-state index in [9.17, 15) is 4.79 Å². The van der Waals surface area contributed by atoms with Gasteiger partial charge >= 0.3 is 5.97 Å². The molecule has 1 aromatic carbocycles. The predicted molar refractivity (Wildman–Crippen MR) is 75.4 cm³/mol. The van der Waals surface area contributed by atoms with Gasteiger partial charge in [0.2, 0.25) is 0 Å². The summed E-state index contributed by atoms with van der Waals surface area (Å²) in [5.41, 5.74) is 1.95. The van der Waals surface area contributed by atoms with E-state index < -0.39 is 5.97 Å². The summed E-state index contributed by atoms with van der Waals surface area (Å²) in [6.45, 7) is 2.11. The van der Waals surface area contributed by atoms with Crippen molar-refractivity contribution < 1.29 is 9.53 Å². The number of halogens is 2. The van der Waals surface area contributed by atoms with Gasteiger partial charge in [-0.3, -0.25) is 5.10 Å². The van der Waals surface area contributed by atoms with Crippen LogP contribution in [0.3, 0.4) is 0 Å². The highest BCUT2D eigenvalue weighted by Gasteiger charge is 2.13. The minimum absolute atomic E-state index is 0.342. The molecular formula is C12H10Br2N2O2. The van der Waals surface area contributed by atoms with Gasteiger partial charge in [-0.2, -0.15) is 5.10 Å². The second-order valence-corrected chi connectivity index (χ2v) is 5.28. The van der Waals surface area contributed by atoms with E-state index in [-0.39, 0.29) is 0 Å². The molecule has 0 saturated carbocycles. The Morgan fingerprint density at radius 3 is 2.83 bits per heavy atom. The summed E-state index contributed by atoms with van der Waals surface area (Å²) < 4.78 is 6.77. The standard InChI is InChI=1S/C12H10Br2N2O2/c1-2-18-12(17)11-6-10(15-16-11)8-4-3-7(13)5-9(8)14/h3-6H,2H2,1H3,(H,15,16). The molecule has 0 amide bonds. The zero-order valence-electron chi connectivity index (χ0n) is 9.54. The Hall–Kier alpha value is -1.14. The molecule has 18 heavy (non-hydrogen) atoms. The lowest BCUT2D eigenvalue weighted by atomic mass is 10.1. The van der Waals surface area contributed by atoms with E-state index in [0.717, 1.165) is 14.5 Å². The maximum atomic E-state index is 11.5. The topological polar surface area (TPSA) is 55.0 Å². The quantitative estimate of drug-likeness (QED) is 0.833. The highest BCUT2D eigenvalue weighted by molar-refractivity contribution is 9.11. The molecule has 0 atom stereocenters. The fourth-order valence-electron chi connectivity index (χ4n) is 1.47. The molecule has 1 heterocycles. The van der Waals surface area contributed by atoms with Gasteiger partial charge in [0.1, 0.15) is 5.69 Å². The average molecular weight is 374 g/mol. The van der Waals surface area contributed by atoms with Crippen LogP contribution in [-0.2, 0) is 4.74 Å². The van der Waals surface area contributed by atoms with Crippen molar-refractivity contribution in [2.75, 3.05) is 6.61 Å². The lowest BCUT2D eigenvalue weighted by molar-refractivity contribution is 0.0519. The zero-order chi connectivity index (χ0) is 13.1. The van der Waals surface area contributed by atoms with Crippen LogP contribution in [0.15, 0.2) is 33.2 Å². The number of aromatic amines is 1. The number of hydrogen-bond donors (Lipinski definition) is 1. The number of aromatic nitrogens is 2. The second kappa shape index (κ2) is 5.67. The van der Waals surface area contributed by atoms with Gasteiger partial charge in [-0.15, -0.1) is 0 Å². The molecule has 1 N–H and O–H groups in total. The van der Waals surface area contributed by atoms with Crippen LogP contribution in [0.5, 0.6) is 0 Å². The molecule has 4 nitrogen and oxygen atoms in total. The van der Waals surface area contributed by atoms with E-state index in [2.05, 4.69) is 42.1 Å². The number of nitrogens with one attached hydrogen (secondary N) is 1. The van der Waals surface area contributed by atoms with Crippen molar-refractivity contribution in [1.29, 1.82) is 0 Å². The average Bonchev–Trinajstić information content (AvgIpc) is 2.78. The second-order valence-electron chi connectivity index (χ2n) is 3.51. The van der Waals surface area contributed by atoms with E-state index in [1.54, 1.807) is 13.0 Å². The van der Waals surface area contributed by atoms with Gasteiger partial charge in [-0.05, 0) is 25.1 Å². The number of nitrogens with zero attached hydrogens (tertiary/aromatic N) is 1. The minimum Gasteiger partial charge on any atom is -0.461 e. The van der Waals surface area contributed by atoms with Crippen LogP contribution in [0.1, 0.15) is 17.4 Å². The molecule has 0 saturated heterocycles. The highest BCUT2D eigenvalue weighted by atomic mass is 79.9. The van der Waals surface area contributed by atoms with Crippen molar-refractivity contribution in [2.24, 2.45) is 0 Å². The van der Waals surface area contributed by atoms with Crippen molar-refractivity contribution >= 4 is 37.8 Å². The first kappa shape index (κ1) is 13.3. The minimum atomic E-state index is -0.399. The number of hydrogen-bond acceptors (Lipinski definition) is 3. The van der Waals surface area contributed by atoms with Crippen molar-refractivity contribution in [3.05, 3.63) is 38.9 Å². The van der Waals surface area contributed by atoms with Gasteiger partial charge in [0.25, 0.3) is 0 Å². The first-order chi connectivity index (χ1) is 8.61. The van der Waals surface area contributed by atoms with Gasteiger partial charge in [0, 0.05) is 14.5 Å². The van der Waals surface area contributed by atoms with Crippen molar-refractivity contribution in [3.8, 4) is 11.3 Å². The Bertz CT molecular complexity index is 581. The highest BCUT2D eigenvalue weighted by Crippen LogP contribution is 2.29. The number of benzene rings is 1. The predicted octanol–water partition coefficient (Wildman–Crippen LogP) is 3.78. The molecule has 1 aromatic heterocycles. The Kier molecular flexibility index (Phi) is 4.19. The normalized spacial score (nSPS) is 10.4. The molecule has 94 valence electrons.